The van der Waals surface area contributed by atoms with Crippen molar-refractivity contribution in [2.24, 2.45) is 0 Å². The molecule has 0 N–H and O–H groups in total. The van der Waals surface area contributed by atoms with Gasteiger partial charge in [0.05, 0.1) is 25.3 Å². The van der Waals surface area contributed by atoms with Gasteiger partial charge >= 0.3 is 0 Å². The van der Waals surface area contributed by atoms with Gasteiger partial charge < -0.3 is 9.47 Å². The van der Waals surface area contributed by atoms with Gasteiger partial charge in [0, 0.05) is 26.2 Å². The Labute approximate surface area is 287 Å². The summed E-state index contributed by atoms with van der Waals surface area (Å²) in [6, 6.07) is 51.4. The van der Waals surface area contributed by atoms with Gasteiger partial charge in [0.15, 0.2) is 0 Å². The van der Waals surface area contributed by atoms with Crippen LogP contribution >= 0.6 is 0 Å². The van der Waals surface area contributed by atoms with Gasteiger partial charge in [0.1, 0.15) is 13.2 Å². The van der Waals surface area contributed by atoms with Gasteiger partial charge in [-0.3, -0.25) is 9.80 Å². The Balaban J connectivity index is 1.45. The number of hydrogen-bond donors (Lipinski definition) is 0. The number of ether oxygens (including phenoxy) is 2. The fraction of sp³-hybridized carbons (Fsp3) is 0.227. The van der Waals surface area contributed by atoms with Crippen LogP contribution in [0, 0.1) is 24.7 Å². The summed E-state index contributed by atoms with van der Waals surface area (Å²) in [5.74, 6) is 5.26. The molecule has 0 aliphatic rings. The Kier molecular flexibility index (Phi) is 13.6. The fourth-order valence-electron chi connectivity index (χ4n) is 6.12. The number of rotatable bonds is 18. The summed E-state index contributed by atoms with van der Waals surface area (Å²) < 4.78 is 12.0. The van der Waals surface area contributed by atoms with E-state index in [1.165, 1.54) is 33.4 Å². The van der Waals surface area contributed by atoms with Crippen molar-refractivity contribution < 1.29 is 9.47 Å². The quantitative estimate of drug-likeness (QED) is 0.0715. The molecule has 0 saturated carbocycles. The van der Waals surface area contributed by atoms with Crippen LogP contribution in [0.1, 0.15) is 45.5 Å². The topological polar surface area (TPSA) is 24.9 Å². The summed E-state index contributed by atoms with van der Waals surface area (Å²) in [5, 5.41) is 0. The van der Waals surface area contributed by atoms with Crippen LogP contribution in [-0.2, 0) is 35.7 Å². The molecule has 5 aromatic carbocycles. The Morgan fingerprint density at radius 1 is 0.438 bits per heavy atom. The van der Waals surface area contributed by atoms with Crippen LogP contribution in [0.3, 0.4) is 0 Å². The predicted octanol–water partition coefficient (Wildman–Crippen LogP) is 8.47. The third-order valence-electron chi connectivity index (χ3n) is 8.39. The smallest absolute Gasteiger partial charge is 0.107 e. The zero-order chi connectivity index (χ0) is 33.2. The Morgan fingerprint density at radius 2 is 0.771 bits per heavy atom. The summed E-state index contributed by atoms with van der Waals surface area (Å²) in [7, 11) is 0. The molecule has 4 nitrogen and oxygen atoms in total. The minimum atomic E-state index is 0.0220. The van der Waals surface area contributed by atoms with Gasteiger partial charge in [-0.2, -0.15) is 0 Å². The van der Waals surface area contributed by atoms with E-state index >= 15 is 0 Å². The molecule has 48 heavy (non-hydrogen) atoms. The molecule has 0 fully saturated rings. The van der Waals surface area contributed by atoms with Gasteiger partial charge in [-0.25, -0.2) is 0 Å². The first-order valence-electron chi connectivity index (χ1n) is 16.5. The van der Waals surface area contributed by atoms with Crippen molar-refractivity contribution in [3.05, 3.63) is 179 Å². The Bertz CT molecular complexity index is 1590. The lowest BCUT2D eigenvalue weighted by atomic mass is 10.0. The van der Waals surface area contributed by atoms with Gasteiger partial charge in [-0.1, -0.05) is 157 Å². The zero-order valence-electron chi connectivity index (χ0n) is 27.5. The van der Waals surface area contributed by atoms with Crippen molar-refractivity contribution in [1.29, 1.82) is 0 Å². The van der Waals surface area contributed by atoms with E-state index < -0.39 is 0 Å². The lowest BCUT2D eigenvalue weighted by Crippen LogP contribution is -2.32. The highest BCUT2D eigenvalue weighted by atomic mass is 16.5. The lowest BCUT2D eigenvalue weighted by Gasteiger charge is -2.33. The second-order valence-electron chi connectivity index (χ2n) is 11.9. The summed E-state index contributed by atoms with van der Waals surface area (Å²) in [4.78, 5) is 4.98. The lowest BCUT2D eigenvalue weighted by molar-refractivity contribution is 0.0648. The number of hydrogen-bond acceptors (Lipinski definition) is 4. The van der Waals surface area contributed by atoms with Crippen molar-refractivity contribution in [3.63, 3.8) is 0 Å². The van der Waals surface area contributed by atoms with Crippen LogP contribution in [0.2, 0.25) is 0 Å². The van der Waals surface area contributed by atoms with E-state index in [0.717, 1.165) is 26.2 Å². The highest BCUT2D eigenvalue weighted by Crippen LogP contribution is 2.29. The number of terminal acetylenes is 2. The standard InChI is InChI=1S/C44H44N2O2/c1-3-28-47-35-43(41-24-13-7-14-25-41)45(31-37-18-9-5-10-19-37)33-39-22-17-23-40(30-39)34-46(32-38-20-11-6-12-21-38)44(36-48-29-4-2)42-26-15-8-16-27-42/h1-2,5-27,30,43-44H,28-29,31-36H2/t43-,44-/m0/s1. The average molecular weight is 633 g/mol. The second kappa shape index (κ2) is 19.0. The molecule has 0 unspecified atom stereocenters. The van der Waals surface area contributed by atoms with E-state index in [4.69, 9.17) is 22.3 Å². The molecule has 2 atom stereocenters. The molecule has 4 heteroatoms. The first-order chi connectivity index (χ1) is 23.7. The molecule has 0 heterocycles. The minimum absolute atomic E-state index is 0.0220. The van der Waals surface area contributed by atoms with E-state index in [0.29, 0.717) is 13.2 Å². The molecular formula is C44H44N2O2. The number of benzene rings is 5. The largest absolute Gasteiger partial charge is 0.367 e. The van der Waals surface area contributed by atoms with E-state index in [2.05, 4.69) is 167 Å². The van der Waals surface area contributed by atoms with Crippen molar-refractivity contribution in [2.45, 2.75) is 38.3 Å². The molecule has 0 spiro atoms. The minimum Gasteiger partial charge on any atom is -0.367 e. The normalized spacial score (nSPS) is 12.3. The molecule has 5 rings (SSSR count). The first kappa shape index (κ1) is 34.4. The summed E-state index contributed by atoms with van der Waals surface area (Å²) in [6.45, 7) is 4.59. The molecular weight excluding hydrogens is 588 g/mol. The molecule has 0 radical (unpaired) electrons. The van der Waals surface area contributed by atoms with E-state index in [-0.39, 0.29) is 25.3 Å². The molecule has 0 bridgehead atoms. The maximum atomic E-state index is 5.99. The van der Waals surface area contributed by atoms with E-state index in [1.807, 2.05) is 0 Å². The van der Waals surface area contributed by atoms with Crippen molar-refractivity contribution in [1.82, 2.24) is 9.80 Å². The van der Waals surface area contributed by atoms with Crippen LogP contribution in [0.5, 0.6) is 0 Å². The van der Waals surface area contributed by atoms with Crippen LogP contribution < -0.4 is 0 Å². The van der Waals surface area contributed by atoms with Crippen molar-refractivity contribution >= 4 is 0 Å². The molecule has 0 saturated heterocycles. The van der Waals surface area contributed by atoms with E-state index in [9.17, 15) is 0 Å². The first-order valence-corrected chi connectivity index (χ1v) is 16.5. The molecule has 242 valence electrons. The Hall–Kier alpha value is -4.94. The summed E-state index contributed by atoms with van der Waals surface area (Å²) in [5.41, 5.74) is 7.37. The van der Waals surface area contributed by atoms with Crippen LogP contribution in [0.25, 0.3) is 0 Å². The fourth-order valence-corrected chi connectivity index (χ4v) is 6.12. The monoisotopic (exact) mass is 632 g/mol. The second-order valence-corrected chi connectivity index (χ2v) is 11.9. The van der Waals surface area contributed by atoms with Gasteiger partial charge in [0.2, 0.25) is 0 Å². The molecule has 0 aromatic heterocycles. The van der Waals surface area contributed by atoms with Gasteiger partial charge in [0.25, 0.3) is 0 Å². The maximum Gasteiger partial charge on any atom is 0.107 e. The van der Waals surface area contributed by atoms with Crippen LogP contribution in [0.15, 0.2) is 146 Å². The van der Waals surface area contributed by atoms with E-state index in [1.54, 1.807) is 0 Å². The predicted molar refractivity (Wildman–Crippen MR) is 195 cm³/mol. The van der Waals surface area contributed by atoms with Crippen LogP contribution in [0.4, 0.5) is 0 Å². The van der Waals surface area contributed by atoms with Crippen molar-refractivity contribution in [2.75, 3.05) is 26.4 Å². The van der Waals surface area contributed by atoms with Gasteiger partial charge in [-0.15, -0.1) is 12.8 Å². The zero-order valence-corrected chi connectivity index (χ0v) is 27.5. The molecule has 0 aliphatic carbocycles. The third kappa shape index (κ3) is 10.5. The molecule has 0 aliphatic heterocycles. The third-order valence-corrected chi connectivity index (χ3v) is 8.39. The van der Waals surface area contributed by atoms with Crippen molar-refractivity contribution in [3.8, 4) is 24.7 Å². The molecule has 0 amide bonds. The maximum absolute atomic E-state index is 5.99. The highest BCUT2D eigenvalue weighted by Gasteiger charge is 2.24. The summed E-state index contributed by atoms with van der Waals surface area (Å²) in [6.07, 6.45) is 11.1. The SMILES string of the molecule is C#CCOC[C@@H](c1ccccc1)N(Cc1ccccc1)Cc1cccc(CN(Cc2ccccc2)[C@@H](COCC#C)c2ccccc2)c1. The number of nitrogens with zero attached hydrogens (tertiary/aromatic N) is 2. The summed E-state index contributed by atoms with van der Waals surface area (Å²) >= 11 is 0. The molecule has 5 aromatic rings. The average Bonchev–Trinajstić information content (AvgIpc) is 3.13. The van der Waals surface area contributed by atoms with Gasteiger partial charge in [-0.05, 0) is 33.4 Å². The van der Waals surface area contributed by atoms with Crippen LogP contribution in [-0.4, -0.2) is 36.2 Å². The highest BCUT2D eigenvalue weighted by molar-refractivity contribution is 5.27. The Morgan fingerprint density at radius 3 is 1.15 bits per heavy atom.